The number of amides is 1. The maximum atomic E-state index is 12.4. The molecule has 1 aromatic carbocycles. The third-order valence-electron chi connectivity index (χ3n) is 3.64. The number of aryl methyl sites for hydroxylation is 1. The molecule has 0 bridgehead atoms. The Hall–Kier alpha value is -2.56. The van der Waals surface area contributed by atoms with Crippen LogP contribution < -0.4 is 14.8 Å². The molecule has 1 atom stereocenters. The predicted molar refractivity (Wildman–Crippen MR) is 82.0 cm³/mol. The SMILES string of the molecule is CC[C@@H](NC(=O)c1ccc2c(c1)OCO2)c1cc(C)ccn1. The van der Waals surface area contributed by atoms with Gasteiger partial charge in [-0.05, 0) is 49.2 Å². The van der Waals surface area contributed by atoms with Gasteiger partial charge in [-0.25, -0.2) is 0 Å². The van der Waals surface area contributed by atoms with E-state index in [0.717, 1.165) is 17.7 Å². The fourth-order valence-electron chi connectivity index (χ4n) is 2.41. The maximum absolute atomic E-state index is 12.4. The summed E-state index contributed by atoms with van der Waals surface area (Å²) in [4.78, 5) is 16.8. The summed E-state index contributed by atoms with van der Waals surface area (Å²) in [5, 5.41) is 3.02. The first-order valence-electron chi connectivity index (χ1n) is 7.30. The third-order valence-corrected chi connectivity index (χ3v) is 3.64. The van der Waals surface area contributed by atoms with Crippen molar-refractivity contribution in [2.24, 2.45) is 0 Å². The highest BCUT2D eigenvalue weighted by atomic mass is 16.7. The van der Waals surface area contributed by atoms with Crippen molar-refractivity contribution in [3.05, 3.63) is 53.3 Å². The number of fused-ring (bicyclic) bond motifs is 1. The van der Waals surface area contributed by atoms with Crippen molar-refractivity contribution < 1.29 is 14.3 Å². The molecule has 5 nitrogen and oxygen atoms in total. The number of carbonyl (C=O) groups is 1. The normalized spacial score (nSPS) is 13.7. The monoisotopic (exact) mass is 298 g/mol. The van der Waals surface area contributed by atoms with Crippen molar-refractivity contribution >= 4 is 5.91 Å². The first kappa shape index (κ1) is 14.4. The van der Waals surface area contributed by atoms with E-state index < -0.39 is 0 Å². The Bertz CT molecular complexity index is 700. The van der Waals surface area contributed by atoms with E-state index in [1.807, 2.05) is 26.0 Å². The van der Waals surface area contributed by atoms with Crippen LogP contribution in [-0.4, -0.2) is 17.7 Å². The Labute approximate surface area is 129 Å². The topological polar surface area (TPSA) is 60.5 Å². The van der Waals surface area contributed by atoms with E-state index in [-0.39, 0.29) is 18.7 Å². The summed E-state index contributed by atoms with van der Waals surface area (Å²) < 4.78 is 10.6. The largest absolute Gasteiger partial charge is 0.454 e. The Morgan fingerprint density at radius 3 is 2.86 bits per heavy atom. The van der Waals surface area contributed by atoms with Crippen LogP contribution in [0.15, 0.2) is 36.5 Å². The zero-order valence-corrected chi connectivity index (χ0v) is 12.6. The molecule has 22 heavy (non-hydrogen) atoms. The van der Waals surface area contributed by atoms with Crippen LogP contribution in [0.3, 0.4) is 0 Å². The summed E-state index contributed by atoms with van der Waals surface area (Å²) in [5.41, 5.74) is 2.55. The number of aromatic nitrogens is 1. The number of ether oxygens (including phenoxy) is 2. The smallest absolute Gasteiger partial charge is 0.251 e. The fourth-order valence-corrected chi connectivity index (χ4v) is 2.41. The molecule has 114 valence electrons. The van der Waals surface area contributed by atoms with Gasteiger partial charge in [-0.1, -0.05) is 6.92 Å². The van der Waals surface area contributed by atoms with Crippen LogP contribution >= 0.6 is 0 Å². The molecule has 3 rings (SSSR count). The van der Waals surface area contributed by atoms with Gasteiger partial charge in [0.15, 0.2) is 11.5 Å². The molecule has 0 fully saturated rings. The summed E-state index contributed by atoms with van der Waals surface area (Å²) in [6.45, 7) is 4.23. The van der Waals surface area contributed by atoms with Gasteiger partial charge in [0.2, 0.25) is 6.79 Å². The molecule has 0 saturated carbocycles. The van der Waals surface area contributed by atoms with E-state index in [1.165, 1.54) is 0 Å². The zero-order chi connectivity index (χ0) is 15.5. The van der Waals surface area contributed by atoms with Gasteiger partial charge in [0.25, 0.3) is 5.91 Å². The molecule has 1 aliphatic rings. The molecule has 1 aliphatic heterocycles. The van der Waals surface area contributed by atoms with E-state index in [2.05, 4.69) is 10.3 Å². The standard InChI is InChI=1S/C17H18N2O3/c1-3-13(14-8-11(2)6-7-18-14)19-17(20)12-4-5-15-16(9-12)22-10-21-15/h4-9,13H,3,10H2,1-2H3,(H,19,20)/t13-/m1/s1. The number of carbonyl (C=O) groups excluding carboxylic acids is 1. The van der Waals surface area contributed by atoms with E-state index in [4.69, 9.17) is 9.47 Å². The average molecular weight is 298 g/mol. The number of nitrogens with zero attached hydrogens (tertiary/aromatic N) is 1. The first-order valence-corrected chi connectivity index (χ1v) is 7.30. The minimum atomic E-state index is -0.145. The van der Waals surface area contributed by atoms with Gasteiger partial charge in [-0.3, -0.25) is 9.78 Å². The second kappa shape index (κ2) is 6.05. The lowest BCUT2D eigenvalue weighted by Gasteiger charge is -2.17. The Kier molecular flexibility index (Phi) is 3.96. The molecule has 5 heteroatoms. The van der Waals surface area contributed by atoms with Crippen LogP contribution in [0.5, 0.6) is 11.5 Å². The van der Waals surface area contributed by atoms with Gasteiger partial charge < -0.3 is 14.8 Å². The summed E-state index contributed by atoms with van der Waals surface area (Å²) in [6.07, 6.45) is 2.53. The fraction of sp³-hybridized carbons (Fsp3) is 0.294. The van der Waals surface area contributed by atoms with Crippen molar-refractivity contribution in [1.82, 2.24) is 10.3 Å². The van der Waals surface area contributed by atoms with Crippen molar-refractivity contribution in [2.45, 2.75) is 26.3 Å². The van der Waals surface area contributed by atoms with Crippen LogP contribution in [0.25, 0.3) is 0 Å². The maximum Gasteiger partial charge on any atom is 0.251 e. The lowest BCUT2D eigenvalue weighted by molar-refractivity contribution is 0.0934. The highest BCUT2D eigenvalue weighted by molar-refractivity contribution is 5.95. The minimum absolute atomic E-state index is 0.113. The Morgan fingerprint density at radius 1 is 1.27 bits per heavy atom. The second-order valence-electron chi connectivity index (χ2n) is 5.26. The van der Waals surface area contributed by atoms with Crippen molar-refractivity contribution in [3.63, 3.8) is 0 Å². The van der Waals surface area contributed by atoms with Crippen molar-refractivity contribution in [1.29, 1.82) is 0 Å². The number of hydrogen-bond donors (Lipinski definition) is 1. The van der Waals surface area contributed by atoms with Crippen LogP contribution in [0, 0.1) is 6.92 Å². The molecule has 0 unspecified atom stereocenters. The minimum Gasteiger partial charge on any atom is -0.454 e. The quantitative estimate of drug-likeness (QED) is 0.942. The molecular weight excluding hydrogens is 280 g/mol. The number of benzene rings is 1. The molecule has 2 aromatic rings. The predicted octanol–water partition coefficient (Wildman–Crippen LogP) is 3.00. The van der Waals surface area contributed by atoms with Crippen LogP contribution in [0.1, 0.15) is 41.0 Å². The van der Waals surface area contributed by atoms with Crippen LogP contribution in [-0.2, 0) is 0 Å². The van der Waals surface area contributed by atoms with Gasteiger partial charge in [0.05, 0.1) is 11.7 Å². The summed E-state index contributed by atoms with van der Waals surface area (Å²) in [5.74, 6) is 1.13. The Morgan fingerprint density at radius 2 is 2.09 bits per heavy atom. The Balaban J connectivity index is 1.77. The van der Waals surface area contributed by atoms with E-state index in [1.54, 1.807) is 24.4 Å². The zero-order valence-electron chi connectivity index (χ0n) is 12.6. The third kappa shape index (κ3) is 2.88. The molecule has 0 saturated heterocycles. The van der Waals surface area contributed by atoms with Crippen LogP contribution in [0.4, 0.5) is 0 Å². The number of rotatable bonds is 4. The molecular formula is C17H18N2O3. The van der Waals surface area contributed by atoms with Gasteiger partial charge in [-0.2, -0.15) is 0 Å². The van der Waals surface area contributed by atoms with Crippen molar-refractivity contribution in [3.8, 4) is 11.5 Å². The van der Waals surface area contributed by atoms with Gasteiger partial charge >= 0.3 is 0 Å². The lowest BCUT2D eigenvalue weighted by Crippen LogP contribution is -2.28. The summed E-state index contributed by atoms with van der Waals surface area (Å²) in [6, 6.07) is 9.01. The van der Waals surface area contributed by atoms with E-state index in [0.29, 0.717) is 17.1 Å². The molecule has 0 radical (unpaired) electrons. The highest BCUT2D eigenvalue weighted by Crippen LogP contribution is 2.32. The average Bonchev–Trinajstić information content (AvgIpc) is 2.99. The molecule has 0 spiro atoms. The van der Waals surface area contributed by atoms with Gasteiger partial charge in [0.1, 0.15) is 0 Å². The van der Waals surface area contributed by atoms with Crippen molar-refractivity contribution in [2.75, 3.05) is 6.79 Å². The summed E-state index contributed by atoms with van der Waals surface area (Å²) in [7, 11) is 0. The molecule has 1 N–H and O–H groups in total. The molecule has 0 aliphatic carbocycles. The highest BCUT2D eigenvalue weighted by Gasteiger charge is 2.19. The molecule has 1 aromatic heterocycles. The molecule has 1 amide bonds. The lowest BCUT2D eigenvalue weighted by atomic mass is 10.1. The van der Waals surface area contributed by atoms with Crippen LogP contribution in [0.2, 0.25) is 0 Å². The van der Waals surface area contributed by atoms with Gasteiger partial charge in [0, 0.05) is 11.8 Å². The van der Waals surface area contributed by atoms with Gasteiger partial charge in [-0.15, -0.1) is 0 Å². The van der Waals surface area contributed by atoms with E-state index in [9.17, 15) is 4.79 Å². The number of nitrogens with one attached hydrogen (secondary N) is 1. The summed E-state index contributed by atoms with van der Waals surface area (Å²) >= 11 is 0. The molecule has 2 heterocycles. The van der Waals surface area contributed by atoms with E-state index >= 15 is 0 Å². The number of hydrogen-bond acceptors (Lipinski definition) is 4. The first-order chi connectivity index (χ1) is 10.7. The number of pyridine rings is 1. The second-order valence-corrected chi connectivity index (χ2v) is 5.26.